The van der Waals surface area contributed by atoms with Crippen LogP contribution in [0.3, 0.4) is 0 Å². The van der Waals surface area contributed by atoms with Gasteiger partial charge >= 0.3 is 0 Å². The van der Waals surface area contributed by atoms with Gasteiger partial charge in [-0.1, -0.05) is 30.3 Å². The molecule has 20 heavy (non-hydrogen) atoms. The molecule has 0 unspecified atom stereocenters. The minimum atomic E-state index is 0.0838. The predicted molar refractivity (Wildman–Crippen MR) is 81.7 cm³/mol. The van der Waals surface area contributed by atoms with Crippen LogP contribution in [0.1, 0.15) is 23.4 Å². The molecule has 0 saturated heterocycles. The van der Waals surface area contributed by atoms with Crippen LogP contribution in [0.25, 0.3) is 0 Å². The second-order valence-corrected chi connectivity index (χ2v) is 5.14. The second-order valence-electron chi connectivity index (χ2n) is 5.14. The Morgan fingerprint density at radius 1 is 1.05 bits per heavy atom. The SMILES string of the molecule is Cc1ccc(C)n1CC(=O)NCCCc1ccccc1. The van der Waals surface area contributed by atoms with Crippen LogP contribution in [0.5, 0.6) is 0 Å². The molecule has 1 N–H and O–H groups in total. The van der Waals surface area contributed by atoms with Crippen molar-refractivity contribution in [1.82, 2.24) is 9.88 Å². The van der Waals surface area contributed by atoms with Crippen molar-refractivity contribution in [3.05, 3.63) is 59.4 Å². The van der Waals surface area contributed by atoms with Crippen molar-refractivity contribution in [2.24, 2.45) is 0 Å². The van der Waals surface area contributed by atoms with E-state index in [1.165, 1.54) is 5.56 Å². The van der Waals surface area contributed by atoms with Gasteiger partial charge in [0.15, 0.2) is 0 Å². The van der Waals surface area contributed by atoms with E-state index in [0.29, 0.717) is 6.54 Å². The molecule has 0 fully saturated rings. The number of amides is 1. The average Bonchev–Trinajstić information content (AvgIpc) is 2.77. The smallest absolute Gasteiger partial charge is 0.239 e. The highest BCUT2D eigenvalue weighted by Gasteiger charge is 2.06. The maximum atomic E-state index is 11.9. The van der Waals surface area contributed by atoms with Crippen molar-refractivity contribution in [3.63, 3.8) is 0 Å². The summed E-state index contributed by atoms with van der Waals surface area (Å²) in [6.07, 6.45) is 1.97. The van der Waals surface area contributed by atoms with E-state index in [-0.39, 0.29) is 5.91 Å². The van der Waals surface area contributed by atoms with Gasteiger partial charge in [-0.2, -0.15) is 0 Å². The van der Waals surface area contributed by atoms with Gasteiger partial charge in [-0.05, 0) is 44.4 Å². The molecule has 0 aliphatic carbocycles. The standard InChI is InChI=1S/C17H22N2O/c1-14-10-11-15(2)19(14)13-17(20)18-12-6-9-16-7-4-3-5-8-16/h3-5,7-8,10-11H,6,9,12-13H2,1-2H3,(H,18,20). The lowest BCUT2D eigenvalue weighted by molar-refractivity contribution is -0.121. The number of benzene rings is 1. The Kier molecular flexibility index (Phi) is 4.99. The number of nitrogens with one attached hydrogen (secondary N) is 1. The molecular formula is C17H22N2O. The fourth-order valence-electron chi connectivity index (χ4n) is 2.31. The summed E-state index contributed by atoms with van der Waals surface area (Å²) in [5.41, 5.74) is 3.57. The third-order valence-corrected chi connectivity index (χ3v) is 3.53. The van der Waals surface area contributed by atoms with Crippen LogP contribution in [-0.2, 0) is 17.8 Å². The molecule has 0 radical (unpaired) electrons. The largest absolute Gasteiger partial charge is 0.355 e. The van der Waals surface area contributed by atoms with Gasteiger partial charge in [0, 0.05) is 17.9 Å². The summed E-state index contributed by atoms with van der Waals surface area (Å²) < 4.78 is 2.03. The first-order chi connectivity index (χ1) is 9.66. The van der Waals surface area contributed by atoms with Crippen molar-refractivity contribution in [1.29, 1.82) is 0 Å². The van der Waals surface area contributed by atoms with Crippen LogP contribution in [0, 0.1) is 13.8 Å². The van der Waals surface area contributed by atoms with E-state index in [9.17, 15) is 4.79 Å². The lowest BCUT2D eigenvalue weighted by atomic mass is 10.1. The zero-order valence-corrected chi connectivity index (χ0v) is 12.2. The van der Waals surface area contributed by atoms with Crippen LogP contribution < -0.4 is 5.32 Å². The first-order valence-corrected chi connectivity index (χ1v) is 7.10. The Morgan fingerprint density at radius 3 is 2.35 bits per heavy atom. The second kappa shape index (κ2) is 6.94. The van der Waals surface area contributed by atoms with Crippen LogP contribution in [0.2, 0.25) is 0 Å². The zero-order valence-electron chi connectivity index (χ0n) is 12.2. The molecule has 3 nitrogen and oxygen atoms in total. The van der Waals surface area contributed by atoms with Gasteiger partial charge in [-0.3, -0.25) is 4.79 Å². The topological polar surface area (TPSA) is 34.0 Å². The molecule has 0 aliphatic rings. The number of hydrogen-bond donors (Lipinski definition) is 1. The van der Waals surface area contributed by atoms with Gasteiger partial charge in [0.1, 0.15) is 6.54 Å². The lowest BCUT2D eigenvalue weighted by Crippen LogP contribution is -2.29. The number of rotatable bonds is 6. The summed E-state index contributed by atoms with van der Waals surface area (Å²) >= 11 is 0. The van der Waals surface area contributed by atoms with E-state index in [2.05, 4.69) is 17.4 Å². The molecule has 2 rings (SSSR count). The first kappa shape index (κ1) is 14.4. The summed E-state index contributed by atoms with van der Waals surface area (Å²) in [4.78, 5) is 11.9. The fraction of sp³-hybridized carbons (Fsp3) is 0.353. The zero-order chi connectivity index (χ0) is 14.4. The van der Waals surface area contributed by atoms with Crippen LogP contribution >= 0.6 is 0 Å². The number of hydrogen-bond acceptors (Lipinski definition) is 1. The first-order valence-electron chi connectivity index (χ1n) is 7.10. The van der Waals surface area contributed by atoms with Crippen molar-refractivity contribution in [2.45, 2.75) is 33.2 Å². The average molecular weight is 270 g/mol. The maximum absolute atomic E-state index is 11.9. The summed E-state index contributed by atoms with van der Waals surface area (Å²) in [5.74, 6) is 0.0838. The minimum absolute atomic E-state index is 0.0838. The van der Waals surface area contributed by atoms with Gasteiger partial charge in [-0.25, -0.2) is 0 Å². The summed E-state index contributed by atoms with van der Waals surface area (Å²) in [6.45, 7) is 5.19. The van der Waals surface area contributed by atoms with E-state index < -0.39 is 0 Å². The van der Waals surface area contributed by atoms with Gasteiger partial charge < -0.3 is 9.88 Å². The van der Waals surface area contributed by atoms with Gasteiger partial charge in [0.05, 0.1) is 0 Å². The minimum Gasteiger partial charge on any atom is -0.355 e. The third-order valence-electron chi connectivity index (χ3n) is 3.53. The van der Waals surface area contributed by atoms with E-state index in [1.54, 1.807) is 0 Å². The summed E-state index contributed by atoms with van der Waals surface area (Å²) in [5, 5.41) is 2.99. The molecule has 1 aromatic carbocycles. The van der Waals surface area contributed by atoms with Crippen molar-refractivity contribution in [2.75, 3.05) is 6.54 Å². The molecule has 3 heteroatoms. The van der Waals surface area contributed by atoms with E-state index in [1.807, 2.05) is 48.7 Å². The highest BCUT2D eigenvalue weighted by atomic mass is 16.1. The van der Waals surface area contributed by atoms with Crippen LogP contribution in [0.15, 0.2) is 42.5 Å². The lowest BCUT2D eigenvalue weighted by Gasteiger charge is -2.10. The molecule has 1 aromatic heterocycles. The normalized spacial score (nSPS) is 10.5. The molecule has 2 aromatic rings. The van der Waals surface area contributed by atoms with Gasteiger partial charge in [-0.15, -0.1) is 0 Å². The molecular weight excluding hydrogens is 248 g/mol. The number of carbonyl (C=O) groups is 1. The van der Waals surface area contributed by atoms with Crippen molar-refractivity contribution >= 4 is 5.91 Å². The number of aryl methyl sites for hydroxylation is 3. The Morgan fingerprint density at radius 2 is 1.70 bits per heavy atom. The molecule has 0 aliphatic heterocycles. The summed E-state index contributed by atoms with van der Waals surface area (Å²) in [7, 11) is 0. The molecule has 0 atom stereocenters. The fourth-order valence-corrected chi connectivity index (χ4v) is 2.31. The van der Waals surface area contributed by atoms with Crippen molar-refractivity contribution < 1.29 is 4.79 Å². The van der Waals surface area contributed by atoms with Gasteiger partial charge in [0.2, 0.25) is 5.91 Å². The number of carbonyl (C=O) groups excluding carboxylic acids is 1. The molecule has 0 spiro atoms. The number of nitrogens with zero attached hydrogens (tertiary/aromatic N) is 1. The third kappa shape index (κ3) is 3.98. The highest BCUT2D eigenvalue weighted by molar-refractivity contribution is 5.75. The molecule has 1 amide bonds. The quantitative estimate of drug-likeness (QED) is 0.805. The Labute approximate surface area is 120 Å². The Balaban J connectivity index is 1.71. The predicted octanol–water partition coefficient (Wildman–Crippen LogP) is 2.85. The molecule has 1 heterocycles. The monoisotopic (exact) mass is 270 g/mol. The molecule has 0 saturated carbocycles. The number of aromatic nitrogens is 1. The summed E-state index contributed by atoms with van der Waals surface area (Å²) in [6, 6.07) is 14.4. The Bertz CT molecular complexity index is 538. The highest BCUT2D eigenvalue weighted by Crippen LogP contribution is 2.06. The van der Waals surface area contributed by atoms with Crippen LogP contribution in [0.4, 0.5) is 0 Å². The molecule has 106 valence electrons. The van der Waals surface area contributed by atoms with Gasteiger partial charge in [0.25, 0.3) is 0 Å². The maximum Gasteiger partial charge on any atom is 0.239 e. The Hall–Kier alpha value is -2.03. The molecule has 0 bridgehead atoms. The van der Waals surface area contributed by atoms with E-state index in [4.69, 9.17) is 0 Å². The van der Waals surface area contributed by atoms with E-state index in [0.717, 1.165) is 30.8 Å². The van der Waals surface area contributed by atoms with E-state index >= 15 is 0 Å². The van der Waals surface area contributed by atoms with Crippen molar-refractivity contribution in [3.8, 4) is 0 Å². The van der Waals surface area contributed by atoms with Crippen LogP contribution in [-0.4, -0.2) is 17.0 Å².